The largest absolute Gasteiger partial charge is 0.382 e. The van der Waals surface area contributed by atoms with Gasteiger partial charge in [-0.05, 0) is 76.0 Å². The monoisotopic (exact) mass is 602 g/mol. The van der Waals surface area contributed by atoms with Crippen molar-refractivity contribution in [1.29, 1.82) is 0 Å². The zero-order chi connectivity index (χ0) is 31.0. The quantitative estimate of drug-likeness (QED) is 0.289. The Labute approximate surface area is 258 Å². The fourth-order valence-corrected chi connectivity index (χ4v) is 7.42. The van der Waals surface area contributed by atoms with Gasteiger partial charge in [-0.2, -0.15) is 0 Å². The van der Waals surface area contributed by atoms with Crippen molar-refractivity contribution in [2.24, 2.45) is 5.92 Å². The van der Waals surface area contributed by atoms with Crippen molar-refractivity contribution in [2.45, 2.75) is 115 Å². The van der Waals surface area contributed by atoms with E-state index >= 15 is 0 Å². The van der Waals surface area contributed by atoms with E-state index in [0.29, 0.717) is 41.6 Å². The molecule has 3 atom stereocenters. The number of aromatic amines is 1. The van der Waals surface area contributed by atoms with Crippen LogP contribution in [0.3, 0.4) is 0 Å². The summed E-state index contributed by atoms with van der Waals surface area (Å²) in [4.78, 5) is 24.2. The molecule has 11 heteroatoms. The minimum atomic E-state index is -0.880. The van der Waals surface area contributed by atoms with E-state index in [1.165, 1.54) is 24.7 Å². The van der Waals surface area contributed by atoms with Crippen molar-refractivity contribution in [3.8, 4) is 0 Å². The second kappa shape index (κ2) is 10.5. The summed E-state index contributed by atoms with van der Waals surface area (Å²) in [6, 6.07) is 7.50. The average molecular weight is 603 g/mol. The molecule has 2 aliphatic heterocycles. The molecule has 3 N–H and O–H groups in total. The number of nitrogens with zero attached hydrogens (tertiary/aromatic N) is 6. The Balaban J connectivity index is 1.01. The summed E-state index contributed by atoms with van der Waals surface area (Å²) in [5.41, 5.74) is 10.0. The molecule has 236 valence electrons. The van der Waals surface area contributed by atoms with Crippen LogP contribution in [-0.4, -0.2) is 77.6 Å². The standard InChI is InChI=1S/C33H46N8O3/c1-19(2)40(22-12-20(13-22)8-11-26-38-23-10-9-21(31(3,4)5)14-24(23)39-26)15-25-28-33(16-42-25,44-32(6,7)43-28)41-18-37-27-29(34)35-17-36-30(27)41/h9-10,14,17-20,22,25,28H,8,11-13,15-16H2,1-7H3,(H,38,39)(H2,34,35,36)/t20?,22?,25-,28-,33-/m1/s1. The minimum absolute atomic E-state index is 0.123. The van der Waals surface area contributed by atoms with E-state index in [-0.39, 0.29) is 17.6 Å². The van der Waals surface area contributed by atoms with Gasteiger partial charge in [0.1, 0.15) is 29.9 Å². The number of hydrogen-bond donors (Lipinski definition) is 2. The summed E-state index contributed by atoms with van der Waals surface area (Å²) < 4.78 is 21.6. The van der Waals surface area contributed by atoms with Crippen molar-refractivity contribution < 1.29 is 14.2 Å². The molecular formula is C33H46N8O3. The molecule has 1 saturated carbocycles. The van der Waals surface area contributed by atoms with E-state index in [4.69, 9.17) is 24.9 Å². The predicted molar refractivity (Wildman–Crippen MR) is 169 cm³/mol. The Morgan fingerprint density at radius 3 is 2.70 bits per heavy atom. The van der Waals surface area contributed by atoms with Crippen LogP contribution in [0.1, 0.15) is 79.1 Å². The molecule has 0 amide bonds. The van der Waals surface area contributed by atoms with Crippen LogP contribution in [0.4, 0.5) is 5.82 Å². The molecule has 1 aromatic carbocycles. The molecule has 0 spiro atoms. The number of imidazole rings is 2. The molecule has 0 radical (unpaired) electrons. The number of nitrogen functional groups attached to an aromatic ring is 1. The van der Waals surface area contributed by atoms with Crippen LogP contribution in [0, 0.1) is 5.92 Å². The van der Waals surface area contributed by atoms with E-state index in [0.717, 1.165) is 36.2 Å². The second-order valence-corrected chi connectivity index (χ2v) is 14.8. The molecule has 7 rings (SSSR count). The molecule has 44 heavy (non-hydrogen) atoms. The van der Waals surface area contributed by atoms with Gasteiger partial charge in [-0.1, -0.05) is 26.8 Å². The van der Waals surface area contributed by atoms with Crippen LogP contribution < -0.4 is 5.73 Å². The van der Waals surface area contributed by atoms with Crippen molar-refractivity contribution in [3.05, 3.63) is 42.2 Å². The van der Waals surface area contributed by atoms with Gasteiger partial charge < -0.3 is 24.9 Å². The van der Waals surface area contributed by atoms with E-state index in [2.05, 4.69) is 77.7 Å². The fourth-order valence-electron chi connectivity index (χ4n) is 7.42. The number of aromatic nitrogens is 6. The molecule has 4 aromatic rings. The number of rotatable bonds is 8. The lowest BCUT2D eigenvalue weighted by molar-refractivity contribution is -0.206. The average Bonchev–Trinajstić information content (AvgIpc) is 3.67. The summed E-state index contributed by atoms with van der Waals surface area (Å²) in [6.45, 7) is 16.3. The number of H-pyrrole nitrogens is 1. The van der Waals surface area contributed by atoms with E-state index < -0.39 is 11.5 Å². The molecule has 11 nitrogen and oxygen atoms in total. The highest BCUT2D eigenvalue weighted by Gasteiger charge is 2.63. The van der Waals surface area contributed by atoms with Gasteiger partial charge in [0.25, 0.3) is 0 Å². The SMILES string of the molecule is CC(C)N(C[C@H]1OC[C@@]2(n3cnc4c(N)ncnc43)OC(C)(C)O[C@H]12)C1CC(CCc2nc3ccc(C(C)(C)C)cc3[nH]2)C1. The number of hydrogen-bond acceptors (Lipinski definition) is 9. The molecule has 1 aliphatic carbocycles. The summed E-state index contributed by atoms with van der Waals surface area (Å²) in [5, 5.41) is 0. The van der Waals surface area contributed by atoms with E-state index in [9.17, 15) is 0 Å². The topological polar surface area (TPSA) is 129 Å². The van der Waals surface area contributed by atoms with Crippen LogP contribution in [0.5, 0.6) is 0 Å². The number of nitrogens with one attached hydrogen (secondary N) is 1. The predicted octanol–water partition coefficient (Wildman–Crippen LogP) is 4.91. The Morgan fingerprint density at radius 2 is 1.95 bits per heavy atom. The summed E-state index contributed by atoms with van der Waals surface area (Å²) in [6.07, 6.45) is 7.17. The van der Waals surface area contributed by atoms with Gasteiger partial charge in [-0.15, -0.1) is 0 Å². The first-order chi connectivity index (χ1) is 20.8. The lowest BCUT2D eigenvalue weighted by Gasteiger charge is -2.46. The molecule has 3 aromatic heterocycles. The number of fused-ring (bicyclic) bond motifs is 3. The highest BCUT2D eigenvalue weighted by Crippen LogP contribution is 2.48. The molecular weight excluding hydrogens is 556 g/mol. The van der Waals surface area contributed by atoms with Gasteiger partial charge in [-0.25, -0.2) is 19.9 Å². The van der Waals surface area contributed by atoms with Crippen molar-refractivity contribution >= 4 is 28.0 Å². The number of nitrogens with two attached hydrogens (primary N) is 1. The maximum Gasteiger partial charge on any atom is 0.203 e. The van der Waals surface area contributed by atoms with Crippen LogP contribution in [0.15, 0.2) is 30.9 Å². The normalized spacial score (nSPS) is 28.4. The van der Waals surface area contributed by atoms with Gasteiger partial charge in [0.15, 0.2) is 17.3 Å². The van der Waals surface area contributed by atoms with Crippen molar-refractivity contribution in [2.75, 3.05) is 18.9 Å². The number of benzene rings is 1. The third-order valence-corrected chi connectivity index (χ3v) is 9.81. The molecule has 0 unspecified atom stereocenters. The van der Waals surface area contributed by atoms with Gasteiger partial charge in [0, 0.05) is 25.0 Å². The maximum absolute atomic E-state index is 6.61. The molecule has 3 aliphatic rings. The smallest absolute Gasteiger partial charge is 0.203 e. The van der Waals surface area contributed by atoms with Gasteiger partial charge in [0.05, 0.1) is 24.0 Å². The molecule has 3 fully saturated rings. The van der Waals surface area contributed by atoms with Gasteiger partial charge in [-0.3, -0.25) is 9.47 Å². The van der Waals surface area contributed by atoms with Crippen LogP contribution in [0.25, 0.3) is 22.2 Å². The lowest BCUT2D eigenvalue weighted by Crippen LogP contribution is -2.53. The van der Waals surface area contributed by atoms with Crippen molar-refractivity contribution in [1.82, 2.24) is 34.4 Å². The van der Waals surface area contributed by atoms with E-state index in [1.54, 1.807) is 6.33 Å². The first-order valence-corrected chi connectivity index (χ1v) is 16.0. The van der Waals surface area contributed by atoms with Gasteiger partial charge in [0.2, 0.25) is 5.72 Å². The Kier molecular flexibility index (Phi) is 7.04. The Morgan fingerprint density at radius 1 is 1.16 bits per heavy atom. The number of aryl methyl sites for hydroxylation is 1. The third-order valence-electron chi connectivity index (χ3n) is 9.81. The van der Waals surface area contributed by atoms with Crippen LogP contribution in [0.2, 0.25) is 0 Å². The first kappa shape index (κ1) is 29.6. The minimum Gasteiger partial charge on any atom is -0.382 e. The Hall–Kier alpha value is -3.12. The summed E-state index contributed by atoms with van der Waals surface area (Å²) in [7, 11) is 0. The lowest BCUT2D eigenvalue weighted by atomic mass is 9.76. The second-order valence-electron chi connectivity index (χ2n) is 14.8. The van der Waals surface area contributed by atoms with Gasteiger partial charge >= 0.3 is 0 Å². The van der Waals surface area contributed by atoms with E-state index in [1.807, 2.05) is 18.4 Å². The Bertz CT molecular complexity index is 1670. The van der Waals surface area contributed by atoms with Crippen LogP contribution >= 0.6 is 0 Å². The first-order valence-electron chi connectivity index (χ1n) is 16.0. The van der Waals surface area contributed by atoms with Crippen LogP contribution in [-0.2, 0) is 31.8 Å². The highest BCUT2D eigenvalue weighted by molar-refractivity contribution is 5.81. The molecule has 2 saturated heterocycles. The molecule has 0 bridgehead atoms. The number of anilines is 1. The highest BCUT2D eigenvalue weighted by atomic mass is 16.8. The fraction of sp³-hybridized carbons (Fsp3) is 0.636. The number of ether oxygens (including phenoxy) is 3. The van der Waals surface area contributed by atoms with Crippen molar-refractivity contribution in [3.63, 3.8) is 0 Å². The third kappa shape index (κ3) is 5.07. The summed E-state index contributed by atoms with van der Waals surface area (Å²) in [5.74, 6) is 1.34. The maximum atomic E-state index is 6.61. The summed E-state index contributed by atoms with van der Waals surface area (Å²) >= 11 is 0. The zero-order valence-corrected chi connectivity index (χ0v) is 27.0. The zero-order valence-electron chi connectivity index (χ0n) is 27.0. The molecule has 5 heterocycles.